The highest BCUT2D eigenvalue weighted by molar-refractivity contribution is 5.13. The van der Waals surface area contributed by atoms with Crippen molar-refractivity contribution in [1.82, 2.24) is 0 Å². The highest BCUT2D eigenvalue weighted by atomic mass is 16.5. The van der Waals surface area contributed by atoms with Crippen LogP contribution in [0.4, 0.5) is 0 Å². The average Bonchev–Trinajstić information content (AvgIpc) is 2.28. The summed E-state index contributed by atoms with van der Waals surface area (Å²) in [6.45, 7) is 0.720. The highest BCUT2D eigenvalue weighted by Crippen LogP contribution is 2.20. The molecule has 0 radical (unpaired) electrons. The first kappa shape index (κ1) is 10.7. The minimum Gasteiger partial charge on any atom is -0.373 e. The van der Waals surface area contributed by atoms with Crippen LogP contribution in [0.25, 0.3) is 0 Å². The average molecular weight is 205 g/mol. The lowest BCUT2D eigenvalue weighted by molar-refractivity contribution is 0.0122. The van der Waals surface area contributed by atoms with Crippen LogP contribution in [-0.2, 0) is 11.3 Å². The zero-order valence-electron chi connectivity index (χ0n) is 9.06. The second kappa shape index (κ2) is 5.29. The number of hydrogen-bond acceptors (Lipinski definition) is 2. The van der Waals surface area contributed by atoms with E-state index in [0.29, 0.717) is 12.1 Å². The summed E-state index contributed by atoms with van der Waals surface area (Å²) in [5.41, 5.74) is 7.16. The van der Waals surface area contributed by atoms with Gasteiger partial charge in [0, 0.05) is 6.04 Å². The van der Waals surface area contributed by atoms with Crippen molar-refractivity contribution in [2.45, 2.75) is 44.4 Å². The molecule has 0 aromatic heterocycles. The van der Waals surface area contributed by atoms with Crippen LogP contribution in [0.5, 0.6) is 0 Å². The van der Waals surface area contributed by atoms with Crippen molar-refractivity contribution in [3.63, 3.8) is 0 Å². The summed E-state index contributed by atoms with van der Waals surface area (Å²) in [5, 5.41) is 0. The molecule has 0 bridgehead atoms. The summed E-state index contributed by atoms with van der Waals surface area (Å²) in [7, 11) is 0. The summed E-state index contributed by atoms with van der Waals surface area (Å²) in [6.07, 6.45) is 4.92. The van der Waals surface area contributed by atoms with E-state index in [2.05, 4.69) is 12.1 Å². The van der Waals surface area contributed by atoms with Crippen molar-refractivity contribution in [3.05, 3.63) is 35.9 Å². The number of rotatable bonds is 3. The van der Waals surface area contributed by atoms with Gasteiger partial charge in [0.2, 0.25) is 0 Å². The molecule has 0 amide bonds. The molecular weight excluding hydrogens is 186 g/mol. The van der Waals surface area contributed by atoms with Crippen molar-refractivity contribution >= 4 is 0 Å². The number of hydrogen-bond donors (Lipinski definition) is 1. The van der Waals surface area contributed by atoms with Gasteiger partial charge >= 0.3 is 0 Å². The van der Waals surface area contributed by atoms with Crippen LogP contribution in [0.3, 0.4) is 0 Å². The van der Waals surface area contributed by atoms with E-state index in [9.17, 15) is 0 Å². The fraction of sp³-hybridized carbons (Fsp3) is 0.538. The quantitative estimate of drug-likeness (QED) is 0.822. The molecule has 1 aliphatic carbocycles. The fourth-order valence-corrected chi connectivity index (χ4v) is 2.12. The first-order valence-electron chi connectivity index (χ1n) is 5.75. The van der Waals surface area contributed by atoms with Gasteiger partial charge in [-0.05, 0) is 31.2 Å². The Kier molecular flexibility index (Phi) is 3.75. The van der Waals surface area contributed by atoms with E-state index >= 15 is 0 Å². The Morgan fingerprint density at radius 2 is 2.00 bits per heavy atom. The molecule has 1 saturated carbocycles. The van der Waals surface area contributed by atoms with E-state index in [0.717, 1.165) is 19.4 Å². The second-order valence-corrected chi connectivity index (χ2v) is 4.35. The molecule has 1 unspecified atom stereocenters. The molecule has 1 aromatic carbocycles. The lowest BCUT2D eigenvalue weighted by Gasteiger charge is -2.26. The Hall–Kier alpha value is -0.860. The summed E-state index contributed by atoms with van der Waals surface area (Å²) in [4.78, 5) is 0. The number of nitrogens with two attached hydrogens (primary N) is 1. The third kappa shape index (κ3) is 3.33. The number of ether oxygens (including phenoxy) is 1. The molecular formula is C13H19NO. The number of benzene rings is 1. The summed E-state index contributed by atoms with van der Waals surface area (Å²) in [5.74, 6) is 0. The van der Waals surface area contributed by atoms with Gasteiger partial charge in [0.05, 0.1) is 12.7 Å². The van der Waals surface area contributed by atoms with Crippen LogP contribution in [0.1, 0.15) is 31.2 Å². The van der Waals surface area contributed by atoms with Crippen LogP contribution < -0.4 is 5.73 Å². The van der Waals surface area contributed by atoms with Crippen LogP contribution >= 0.6 is 0 Å². The fourth-order valence-electron chi connectivity index (χ4n) is 2.12. The maximum atomic E-state index is 5.91. The lowest BCUT2D eigenvalue weighted by atomic mass is 9.93. The zero-order valence-corrected chi connectivity index (χ0v) is 9.06. The minimum absolute atomic E-state index is 0.347. The minimum atomic E-state index is 0.347. The Bertz CT molecular complexity index is 286. The van der Waals surface area contributed by atoms with Crippen LogP contribution in [0.15, 0.2) is 30.3 Å². The molecule has 0 heterocycles. The second-order valence-electron chi connectivity index (χ2n) is 4.35. The molecule has 15 heavy (non-hydrogen) atoms. The third-order valence-corrected chi connectivity index (χ3v) is 3.00. The van der Waals surface area contributed by atoms with Crippen molar-refractivity contribution < 1.29 is 4.74 Å². The third-order valence-electron chi connectivity index (χ3n) is 3.00. The van der Waals surface area contributed by atoms with E-state index in [1.54, 1.807) is 0 Å². The van der Waals surface area contributed by atoms with E-state index in [-0.39, 0.29) is 0 Å². The van der Waals surface area contributed by atoms with Gasteiger partial charge in [-0.25, -0.2) is 0 Å². The summed E-state index contributed by atoms with van der Waals surface area (Å²) in [6, 6.07) is 10.7. The summed E-state index contributed by atoms with van der Waals surface area (Å²) >= 11 is 0. The largest absolute Gasteiger partial charge is 0.373 e. The molecule has 2 nitrogen and oxygen atoms in total. The maximum Gasteiger partial charge on any atom is 0.0720 e. The van der Waals surface area contributed by atoms with Crippen molar-refractivity contribution in [2.24, 2.45) is 5.73 Å². The van der Waals surface area contributed by atoms with Gasteiger partial charge in [0.25, 0.3) is 0 Å². The van der Waals surface area contributed by atoms with Crippen LogP contribution in [0, 0.1) is 0 Å². The predicted octanol–water partition coefficient (Wildman–Crippen LogP) is 2.47. The van der Waals surface area contributed by atoms with Crippen molar-refractivity contribution in [1.29, 1.82) is 0 Å². The normalized spacial score (nSPS) is 26.5. The maximum absolute atomic E-state index is 5.91. The van der Waals surface area contributed by atoms with Gasteiger partial charge in [-0.15, -0.1) is 0 Å². The monoisotopic (exact) mass is 205 g/mol. The molecule has 1 fully saturated rings. The van der Waals surface area contributed by atoms with E-state index in [1.165, 1.54) is 18.4 Å². The van der Waals surface area contributed by atoms with Gasteiger partial charge in [-0.2, -0.15) is 0 Å². The first-order chi connectivity index (χ1) is 7.34. The van der Waals surface area contributed by atoms with Gasteiger partial charge in [-0.1, -0.05) is 30.3 Å². The zero-order chi connectivity index (χ0) is 10.5. The van der Waals surface area contributed by atoms with E-state index in [1.807, 2.05) is 18.2 Å². The molecule has 0 spiro atoms. The van der Waals surface area contributed by atoms with Gasteiger partial charge in [0.1, 0.15) is 0 Å². The molecule has 2 atom stereocenters. The topological polar surface area (TPSA) is 35.2 Å². The standard InChI is InChI=1S/C13H19NO/c14-12-7-4-8-13(9-12)15-10-11-5-2-1-3-6-11/h1-3,5-6,12-13H,4,7-10,14H2/t12?,13-/m1/s1. The van der Waals surface area contributed by atoms with E-state index in [4.69, 9.17) is 10.5 Å². The Labute approximate surface area is 91.4 Å². The highest BCUT2D eigenvalue weighted by Gasteiger charge is 2.19. The predicted molar refractivity (Wildman–Crippen MR) is 61.5 cm³/mol. The summed E-state index contributed by atoms with van der Waals surface area (Å²) < 4.78 is 5.86. The SMILES string of the molecule is NC1CCC[C@@H](OCc2ccccc2)C1. The lowest BCUT2D eigenvalue weighted by Crippen LogP contribution is -2.32. The van der Waals surface area contributed by atoms with Crippen molar-refractivity contribution in [2.75, 3.05) is 0 Å². The van der Waals surface area contributed by atoms with Gasteiger partial charge in [-0.3, -0.25) is 0 Å². The molecule has 2 N–H and O–H groups in total. The molecule has 0 saturated heterocycles. The molecule has 2 heteroatoms. The Morgan fingerprint density at radius 3 is 2.73 bits per heavy atom. The Balaban J connectivity index is 1.78. The van der Waals surface area contributed by atoms with Gasteiger partial charge < -0.3 is 10.5 Å². The molecule has 1 aliphatic rings. The van der Waals surface area contributed by atoms with Gasteiger partial charge in [0.15, 0.2) is 0 Å². The molecule has 2 rings (SSSR count). The van der Waals surface area contributed by atoms with Crippen LogP contribution in [0.2, 0.25) is 0 Å². The molecule has 82 valence electrons. The first-order valence-corrected chi connectivity index (χ1v) is 5.75. The van der Waals surface area contributed by atoms with Crippen molar-refractivity contribution in [3.8, 4) is 0 Å². The molecule has 0 aliphatic heterocycles. The smallest absolute Gasteiger partial charge is 0.0720 e. The molecule has 1 aromatic rings. The van der Waals surface area contributed by atoms with Crippen LogP contribution in [-0.4, -0.2) is 12.1 Å². The Morgan fingerprint density at radius 1 is 1.20 bits per heavy atom. The van der Waals surface area contributed by atoms with E-state index < -0.39 is 0 Å².